The summed E-state index contributed by atoms with van der Waals surface area (Å²) in [7, 11) is 0. The summed E-state index contributed by atoms with van der Waals surface area (Å²) in [5.41, 5.74) is 0.582. The molecule has 0 aliphatic heterocycles. The molecule has 0 aliphatic rings. The number of nitrogens with one attached hydrogen (secondary N) is 1. The maximum absolute atomic E-state index is 13.8. The molecule has 0 spiro atoms. The molecule has 0 unspecified atom stereocenters. The average Bonchev–Trinajstić information content (AvgIpc) is 3.01. The lowest BCUT2D eigenvalue weighted by Crippen LogP contribution is -2.12. The summed E-state index contributed by atoms with van der Waals surface area (Å²) in [6.45, 7) is 1.76. The first-order valence-corrected chi connectivity index (χ1v) is 9.07. The summed E-state index contributed by atoms with van der Waals surface area (Å²) in [5.74, 6) is 0.837. The Morgan fingerprint density at radius 2 is 2.04 bits per heavy atom. The third kappa shape index (κ3) is 4.67. The van der Waals surface area contributed by atoms with Crippen LogP contribution in [0.25, 0.3) is 0 Å². The van der Waals surface area contributed by atoms with Gasteiger partial charge in [0, 0.05) is 14.9 Å². The van der Waals surface area contributed by atoms with Gasteiger partial charge in [0.25, 0.3) is 5.91 Å². The second-order valence-electron chi connectivity index (χ2n) is 5.13. The molecule has 0 radical (unpaired) electrons. The fourth-order valence-corrected chi connectivity index (χ4v) is 3.10. The molecule has 3 rings (SSSR count). The predicted octanol–water partition coefficient (Wildman–Crippen LogP) is 4.82. The van der Waals surface area contributed by atoms with Crippen LogP contribution in [0, 0.1) is 12.7 Å². The normalized spacial score (nSPS) is 10.7. The van der Waals surface area contributed by atoms with E-state index in [1.165, 1.54) is 23.9 Å². The first-order valence-electron chi connectivity index (χ1n) is 7.30. The molecule has 0 bridgehead atoms. The largest absolute Gasteiger partial charge is 0.338 e. The minimum absolute atomic E-state index is 0.137. The summed E-state index contributed by atoms with van der Waals surface area (Å²) in [4.78, 5) is 17.3. The smallest absolute Gasteiger partial charge is 0.255 e. The zero-order valence-electron chi connectivity index (χ0n) is 13.1. The zero-order valence-corrected chi connectivity index (χ0v) is 15.5. The molecule has 1 heterocycles. The Bertz CT molecular complexity index is 899. The number of hydrogen-bond acceptors (Lipinski definition) is 5. The number of thioether (sulfide) groups is 1. The molecule has 1 N–H and O–H groups in total. The van der Waals surface area contributed by atoms with Crippen LogP contribution in [-0.4, -0.2) is 16.0 Å². The molecule has 2 aromatic carbocycles. The molecule has 128 valence electrons. The Morgan fingerprint density at radius 3 is 2.68 bits per heavy atom. The second-order valence-corrected chi connectivity index (χ2v) is 7.09. The van der Waals surface area contributed by atoms with Crippen molar-refractivity contribution in [2.24, 2.45) is 0 Å². The van der Waals surface area contributed by atoms with Gasteiger partial charge in [-0.1, -0.05) is 21.1 Å². The standard InChI is InChI=1S/C17H13BrFN3O2S/c1-10-20-16(24-22-10)9-25-13-5-2-11(3-6-13)17(23)21-15-7-4-12(18)8-14(15)19/h2-8H,9H2,1H3,(H,21,23). The van der Waals surface area contributed by atoms with Gasteiger partial charge in [0.05, 0.1) is 11.4 Å². The maximum atomic E-state index is 13.8. The summed E-state index contributed by atoms with van der Waals surface area (Å²) in [6.07, 6.45) is 0. The number of aromatic nitrogens is 2. The van der Waals surface area contributed by atoms with E-state index < -0.39 is 5.82 Å². The number of anilines is 1. The van der Waals surface area contributed by atoms with E-state index in [1.807, 2.05) is 12.1 Å². The fraction of sp³-hybridized carbons (Fsp3) is 0.118. The van der Waals surface area contributed by atoms with Crippen molar-refractivity contribution in [2.45, 2.75) is 17.6 Å². The van der Waals surface area contributed by atoms with Gasteiger partial charge in [0.2, 0.25) is 5.89 Å². The fourth-order valence-electron chi connectivity index (χ4n) is 2.03. The van der Waals surface area contributed by atoms with E-state index in [4.69, 9.17) is 4.52 Å². The number of rotatable bonds is 5. The van der Waals surface area contributed by atoms with E-state index in [0.29, 0.717) is 27.5 Å². The van der Waals surface area contributed by atoms with Crippen molar-refractivity contribution in [1.29, 1.82) is 0 Å². The SMILES string of the molecule is Cc1noc(CSc2ccc(C(=O)Nc3ccc(Br)cc3F)cc2)n1. The van der Waals surface area contributed by atoms with E-state index in [1.54, 1.807) is 25.1 Å². The number of benzene rings is 2. The highest BCUT2D eigenvalue weighted by atomic mass is 79.9. The molecule has 0 fully saturated rings. The number of aryl methyl sites for hydroxylation is 1. The predicted molar refractivity (Wildman–Crippen MR) is 97.1 cm³/mol. The van der Waals surface area contributed by atoms with Crippen molar-refractivity contribution in [1.82, 2.24) is 10.1 Å². The highest BCUT2D eigenvalue weighted by molar-refractivity contribution is 9.10. The van der Waals surface area contributed by atoms with Crippen LogP contribution in [0.2, 0.25) is 0 Å². The number of carbonyl (C=O) groups is 1. The van der Waals surface area contributed by atoms with Gasteiger partial charge in [-0.15, -0.1) is 11.8 Å². The lowest BCUT2D eigenvalue weighted by Gasteiger charge is -2.07. The molecule has 1 aromatic heterocycles. The van der Waals surface area contributed by atoms with Crippen molar-refractivity contribution >= 4 is 39.3 Å². The van der Waals surface area contributed by atoms with Gasteiger partial charge < -0.3 is 9.84 Å². The van der Waals surface area contributed by atoms with Gasteiger partial charge in [-0.3, -0.25) is 4.79 Å². The first-order chi connectivity index (χ1) is 12.0. The van der Waals surface area contributed by atoms with Crippen molar-refractivity contribution < 1.29 is 13.7 Å². The van der Waals surface area contributed by atoms with Gasteiger partial charge >= 0.3 is 0 Å². The van der Waals surface area contributed by atoms with Crippen LogP contribution in [0.1, 0.15) is 22.1 Å². The van der Waals surface area contributed by atoms with Crippen molar-refractivity contribution in [3.8, 4) is 0 Å². The van der Waals surface area contributed by atoms with E-state index in [9.17, 15) is 9.18 Å². The van der Waals surface area contributed by atoms with E-state index in [0.717, 1.165) is 4.90 Å². The van der Waals surface area contributed by atoms with Crippen LogP contribution in [-0.2, 0) is 5.75 Å². The maximum Gasteiger partial charge on any atom is 0.255 e. The summed E-state index contributed by atoms with van der Waals surface area (Å²) >= 11 is 4.70. The zero-order chi connectivity index (χ0) is 17.8. The monoisotopic (exact) mass is 421 g/mol. The van der Waals surface area contributed by atoms with E-state index >= 15 is 0 Å². The first kappa shape index (κ1) is 17.6. The highest BCUT2D eigenvalue weighted by Gasteiger charge is 2.10. The van der Waals surface area contributed by atoms with Gasteiger partial charge in [-0.05, 0) is 49.4 Å². The Morgan fingerprint density at radius 1 is 1.28 bits per heavy atom. The molecule has 8 heteroatoms. The van der Waals surface area contributed by atoms with Crippen molar-refractivity contribution in [2.75, 3.05) is 5.32 Å². The lowest BCUT2D eigenvalue weighted by molar-refractivity contribution is 0.102. The van der Waals surface area contributed by atoms with Crippen LogP contribution < -0.4 is 5.32 Å². The molecule has 25 heavy (non-hydrogen) atoms. The molecule has 0 saturated heterocycles. The molecular weight excluding hydrogens is 409 g/mol. The number of hydrogen-bond donors (Lipinski definition) is 1. The van der Waals surface area contributed by atoms with Crippen LogP contribution in [0.15, 0.2) is 56.4 Å². The lowest BCUT2D eigenvalue weighted by atomic mass is 10.2. The van der Waals surface area contributed by atoms with Crippen LogP contribution in [0.3, 0.4) is 0 Å². The van der Waals surface area contributed by atoms with Crippen LogP contribution in [0.5, 0.6) is 0 Å². The number of nitrogens with zero attached hydrogens (tertiary/aromatic N) is 2. The Hall–Kier alpha value is -2.19. The topological polar surface area (TPSA) is 68.0 Å². The quantitative estimate of drug-likeness (QED) is 0.597. The second kappa shape index (κ2) is 7.79. The Balaban J connectivity index is 1.62. The number of carbonyl (C=O) groups excluding carboxylic acids is 1. The molecule has 0 atom stereocenters. The molecular formula is C17H13BrFN3O2S. The van der Waals surface area contributed by atoms with Crippen LogP contribution in [0.4, 0.5) is 10.1 Å². The third-order valence-corrected chi connectivity index (χ3v) is 4.72. The van der Waals surface area contributed by atoms with Crippen molar-refractivity contribution in [3.63, 3.8) is 0 Å². The summed E-state index contributed by atoms with van der Waals surface area (Å²) in [5, 5.41) is 6.29. The van der Waals surface area contributed by atoms with Crippen molar-refractivity contribution in [3.05, 3.63) is 70.0 Å². The summed E-state index contributed by atoms with van der Waals surface area (Å²) in [6, 6.07) is 11.5. The molecule has 5 nitrogen and oxygen atoms in total. The van der Waals surface area contributed by atoms with Gasteiger partial charge in [-0.2, -0.15) is 4.98 Å². The minimum Gasteiger partial charge on any atom is -0.338 e. The minimum atomic E-state index is -0.496. The van der Waals surface area contributed by atoms with Gasteiger partial charge in [-0.25, -0.2) is 4.39 Å². The number of halogens is 2. The van der Waals surface area contributed by atoms with E-state index in [-0.39, 0.29) is 11.6 Å². The molecule has 0 aliphatic carbocycles. The highest BCUT2D eigenvalue weighted by Crippen LogP contribution is 2.23. The molecule has 0 saturated carbocycles. The Labute approximate surface area is 156 Å². The average molecular weight is 422 g/mol. The number of amides is 1. The molecule has 3 aromatic rings. The Kier molecular flexibility index (Phi) is 5.50. The summed E-state index contributed by atoms with van der Waals surface area (Å²) < 4.78 is 19.4. The van der Waals surface area contributed by atoms with Gasteiger partial charge in [0.15, 0.2) is 5.82 Å². The van der Waals surface area contributed by atoms with E-state index in [2.05, 4.69) is 31.4 Å². The van der Waals surface area contributed by atoms with Gasteiger partial charge in [0.1, 0.15) is 5.82 Å². The van der Waals surface area contributed by atoms with Crippen LogP contribution >= 0.6 is 27.7 Å². The molecule has 1 amide bonds. The third-order valence-electron chi connectivity index (χ3n) is 3.23.